The van der Waals surface area contributed by atoms with Gasteiger partial charge in [-0.25, -0.2) is 19.9 Å². The fourth-order valence-corrected chi connectivity index (χ4v) is 19.0. The second kappa shape index (κ2) is 29.3. The molecule has 7 heteroatoms. The van der Waals surface area contributed by atoms with E-state index in [1.165, 1.54) is 128 Å². The Bertz CT molecular complexity index is 6610. The van der Waals surface area contributed by atoms with E-state index in [9.17, 15) is 5.11 Å². The fourth-order valence-electron chi connectivity index (χ4n) is 19.0. The van der Waals surface area contributed by atoms with Gasteiger partial charge in [0.1, 0.15) is 0 Å². The Morgan fingerprint density at radius 2 is 0.573 bits per heavy atom. The Labute approximate surface area is 696 Å². The predicted molar refractivity (Wildman–Crippen MR) is 476 cm³/mol. The summed E-state index contributed by atoms with van der Waals surface area (Å²) in [7, 11) is 0. The van der Waals surface area contributed by atoms with E-state index in [4.69, 9.17) is 15.0 Å². The number of rotatable bonds is 10. The standard InChI is InChI=1S/C58H43N.C43H33N3.C9H7NO.Li/c1-57(2)53-22-12-9-19-49(53)52-38-31-45(39-56(52)57)58(54-23-13-10-20-50(54)51-21-11-14-24-55(51)58)44-29-36-48(37-30-44)59(46-32-25-42(26-33-46)40-15-5-3-6-16-40)47-34-27-43(28-35-47)41-17-7-4-8-18-41;1-42(2)35-15-9-7-13-31(35)33-21-19-29(24-37(33)42)40-44-39(28-18-17-26-11-5-6-12-27(26)23-28)45-41(46-40)30-20-22-34-32-14-8-10-16-36(32)43(3,4)38(34)25-30;11-8-5-1-3-7-4-2-6-10-9(7)8;/h3-39H,1-2H3;5-25H,1-4H3;1-6,11H;/q;;;+1. The van der Waals surface area contributed by atoms with Crippen molar-refractivity contribution in [3.8, 4) is 107 Å². The molecule has 18 aromatic rings. The smallest absolute Gasteiger partial charge is 0.868 e. The maximum atomic E-state index is 11.1. The molecule has 0 bridgehead atoms. The molecule has 0 unspecified atom stereocenters. The van der Waals surface area contributed by atoms with Gasteiger partial charge in [-0.2, -0.15) is 0 Å². The van der Waals surface area contributed by atoms with E-state index in [2.05, 4.69) is 403 Å². The van der Waals surface area contributed by atoms with Crippen LogP contribution in [0.15, 0.2) is 388 Å². The van der Waals surface area contributed by atoms with Gasteiger partial charge in [0.25, 0.3) is 0 Å². The summed E-state index contributed by atoms with van der Waals surface area (Å²) < 4.78 is 0. The Kier molecular flexibility index (Phi) is 18.5. The summed E-state index contributed by atoms with van der Waals surface area (Å²) in [6, 6.07) is 138. The number of aromatic amines is 1. The summed E-state index contributed by atoms with van der Waals surface area (Å²) in [6.07, 6.45) is 1.75. The Morgan fingerprint density at radius 1 is 0.248 bits per heavy atom. The van der Waals surface area contributed by atoms with E-state index in [1.807, 2.05) is 18.2 Å². The van der Waals surface area contributed by atoms with Crippen molar-refractivity contribution in [2.75, 3.05) is 4.90 Å². The van der Waals surface area contributed by atoms with Gasteiger partial charge < -0.3 is 10.0 Å². The number of aromatic nitrogens is 4. The number of pyridine rings is 1. The van der Waals surface area contributed by atoms with Crippen LogP contribution in [0.25, 0.3) is 123 Å². The third-order valence-electron chi connectivity index (χ3n) is 25.0. The topological polar surface area (TPSA) is 79.1 Å². The molecule has 2 heterocycles. The summed E-state index contributed by atoms with van der Waals surface area (Å²) in [4.78, 5) is 20.8. The van der Waals surface area contributed by atoms with Crippen molar-refractivity contribution in [1.82, 2.24) is 15.0 Å². The third kappa shape index (κ3) is 12.5. The molecule has 4 aliphatic rings. The van der Waals surface area contributed by atoms with Crippen LogP contribution >= 0.6 is 0 Å². The molecule has 4 aliphatic carbocycles. The molecule has 117 heavy (non-hydrogen) atoms. The first-order valence-corrected chi connectivity index (χ1v) is 40.2. The molecule has 2 aromatic heterocycles. The van der Waals surface area contributed by atoms with Crippen molar-refractivity contribution in [2.45, 2.75) is 63.2 Å². The monoisotopic (exact) mass is 1500 g/mol. The molecule has 0 aliphatic heterocycles. The molecule has 554 valence electrons. The van der Waals surface area contributed by atoms with Crippen LogP contribution in [0.4, 0.5) is 17.1 Å². The van der Waals surface area contributed by atoms with Gasteiger partial charge in [-0.05, 0) is 206 Å². The average Bonchev–Trinajstić information content (AvgIpc) is 1.54. The van der Waals surface area contributed by atoms with Crippen LogP contribution < -0.4 is 33.9 Å². The van der Waals surface area contributed by atoms with Crippen molar-refractivity contribution < 1.29 is 29.0 Å². The maximum Gasteiger partial charge on any atom is 1.00 e. The average molecular weight is 1500 g/mol. The van der Waals surface area contributed by atoms with E-state index in [0.29, 0.717) is 23.0 Å². The van der Waals surface area contributed by atoms with E-state index < -0.39 is 5.41 Å². The summed E-state index contributed by atoms with van der Waals surface area (Å²) in [5, 5.41) is 14.5. The maximum absolute atomic E-state index is 11.1. The van der Waals surface area contributed by atoms with Gasteiger partial charge in [0, 0.05) is 61.5 Å². The van der Waals surface area contributed by atoms with E-state index in [1.54, 1.807) is 18.3 Å². The number of para-hydroxylation sites is 1. The molecule has 22 rings (SSSR count). The molecular formula is C110H83LiN5O+. The van der Waals surface area contributed by atoms with E-state index in [0.717, 1.165) is 44.5 Å². The Morgan fingerprint density at radius 3 is 1.03 bits per heavy atom. The van der Waals surface area contributed by atoms with Crippen molar-refractivity contribution >= 4 is 38.7 Å². The SMILES string of the molecule is CC1(C)c2ccccc2-c2ccc(-c3nc(-c4ccc5c(c4)C(C)(C)c4ccccc4-5)nc(-c4ccc5ccccc5c4)n3)cc21.CC1(C)c2ccccc2-c2ccc(C3(c4ccc(N(c5ccc(-c6ccccc6)cc5)c5ccc(-c6ccccc6)cc5)cc4)c4ccccc4-c4ccccc43)cc21.[Li+].[O-]c1cccc2ccc[nH+]c12. The summed E-state index contributed by atoms with van der Waals surface area (Å²) >= 11 is 0. The molecule has 0 saturated carbocycles. The molecule has 1 N–H and O–H groups in total. The third-order valence-corrected chi connectivity index (χ3v) is 25.0. The van der Waals surface area contributed by atoms with Crippen molar-refractivity contribution in [3.63, 3.8) is 0 Å². The molecule has 0 fully saturated rings. The largest absolute Gasteiger partial charge is 1.00 e. The zero-order chi connectivity index (χ0) is 78.4. The molecule has 0 spiro atoms. The quantitative estimate of drug-likeness (QED) is 0.128. The first-order valence-electron chi connectivity index (χ1n) is 40.2. The minimum atomic E-state index is -0.509. The number of hydrogen-bond donors (Lipinski definition) is 0. The summed E-state index contributed by atoms with van der Waals surface area (Å²) in [6.45, 7) is 14.0. The molecule has 0 radical (unpaired) electrons. The van der Waals surface area contributed by atoms with Crippen LogP contribution in [0, 0.1) is 0 Å². The van der Waals surface area contributed by atoms with E-state index in [-0.39, 0.29) is 40.9 Å². The molecule has 0 atom stereocenters. The minimum absolute atomic E-state index is 0. The van der Waals surface area contributed by atoms with Crippen LogP contribution in [-0.4, -0.2) is 15.0 Å². The van der Waals surface area contributed by atoms with Gasteiger partial charge in [0.2, 0.25) is 5.52 Å². The molecular weight excluding hydrogens is 1410 g/mol. The van der Waals surface area contributed by atoms with Crippen LogP contribution in [0.5, 0.6) is 5.75 Å². The number of nitrogens with zero attached hydrogens (tertiary/aromatic N) is 4. The van der Waals surface area contributed by atoms with Gasteiger partial charge in [0.15, 0.2) is 23.7 Å². The van der Waals surface area contributed by atoms with Gasteiger partial charge in [-0.15, -0.1) is 0 Å². The fraction of sp³-hybridized carbons (Fsp3) is 0.0909. The van der Waals surface area contributed by atoms with Gasteiger partial charge in [-0.3, -0.25) is 0 Å². The number of nitrogens with one attached hydrogen (secondary N) is 1. The van der Waals surface area contributed by atoms with Crippen LogP contribution in [-0.2, 0) is 21.7 Å². The van der Waals surface area contributed by atoms with Gasteiger partial charge >= 0.3 is 18.9 Å². The zero-order valence-corrected chi connectivity index (χ0v) is 66.6. The first-order chi connectivity index (χ1) is 56.7. The molecule has 0 amide bonds. The van der Waals surface area contributed by atoms with Crippen LogP contribution in [0.1, 0.15) is 97.2 Å². The minimum Gasteiger partial charge on any atom is -0.868 e. The number of benzene rings is 16. The Balaban J connectivity index is 0.000000139. The summed E-state index contributed by atoms with van der Waals surface area (Å²) in [5.41, 5.74) is 34.7. The number of hydrogen-bond acceptors (Lipinski definition) is 5. The normalized spacial score (nSPS) is 13.8. The number of anilines is 3. The Hall–Kier alpha value is -13.6. The first kappa shape index (κ1) is 73.6. The zero-order valence-electron chi connectivity index (χ0n) is 66.6. The second-order valence-corrected chi connectivity index (χ2v) is 32.6. The number of H-pyrrole nitrogens is 1. The van der Waals surface area contributed by atoms with Gasteiger partial charge in [0.05, 0.1) is 5.41 Å². The van der Waals surface area contributed by atoms with Gasteiger partial charge in [-0.1, -0.05) is 351 Å². The van der Waals surface area contributed by atoms with Crippen LogP contribution in [0.3, 0.4) is 0 Å². The second-order valence-electron chi connectivity index (χ2n) is 32.6. The molecule has 16 aromatic carbocycles. The van der Waals surface area contributed by atoms with Crippen molar-refractivity contribution in [3.05, 3.63) is 444 Å². The summed E-state index contributed by atoms with van der Waals surface area (Å²) in [5.74, 6) is 2.09. The molecule has 0 saturated heterocycles. The van der Waals surface area contributed by atoms with Crippen molar-refractivity contribution in [2.24, 2.45) is 0 Å². The van der Waals surface area contributed by atoms with Crippen molar-refractivity contribution in [1.29, 1.82) is 0 Å². The van der Waals surface area contributed by atoms with E-state index >= 15 is 0 Å². The van der Waals surface area contributed by atoms with Crippen LogP contribution in [0.2, 0.25) is 0 Å². The number of fused-ring (bicyclic) bond motifs is 14. The predicted octanol–water partition coefficient (Wildman–Crippen LogP) is 23.5. The molecule has 6 nitrogen and oxygen atoms in total.